The van der Waals surface area contributed by atoms with E-state index in [1.54, 1.807) is 0 Å². The van der Waals surface area contributed by atoms with Crippen LogP contribution < -0.4 is 10.9 Å². The summed E-state index contributed by atoms with van der Waals surface area (Å²) in [6.45, 7) is 2.70. The molecule has 1 aromatic heterocycles. The quantitative estimate of drug-likeness (QED) is 0.610. The first-order valence-corrected chi connectivity index (χ1v) is 8.93. The van der Waals surface area contributed by atoms with Crippen LogP contribution in [0.3, 0.4) is 0 Å². The maximum absolute atomic E-state index is 12.7. The van der Waals surface area contributed by atoms with Gasteiger partial charge in [0.1, 0.15) is 0 Å². The summed E-state index contributed by atoms with van der Waals surface area (Å²) in [5.41, 5.74) is 3.86. The highest BCUT2D eigenvalue weighted by Gasteiger charge is 2.28. The molecule has 4 rings (SSSR count). The highest BCUT2D eigenvalue weighted by molar-refractivity contribution is 7.71. The average molecular weight is 365 g/mol. The molecule has 1 atom stereocenters. The van der Waals surface area contributed by atoms with Gasteiger partial charge >= 0.3 is 0 Å². The van der Waals surface area contributed by atoms with Crippen LogP contribution in [-0.4, -0.2) is 21.2 Å². The Kier molecular flexibility index (Phi) is 4.22. The summed E-state index contributed by atoms with van der Waals surface area (Å²) in [6, 6.07) is 15.2. The van der Waals surface area contributed by atoms with Crippen molar-refractivity contribution in [2.75, 3.05) is 6.54 Å². The second kappa shape index (κ2) is 6.55. The van der Waals surface area contributed by atoms with Crippen molar-refractivity contribution in [1.82, 2.24) is 14.9 Å². The summed E-state index contributed by atoms with van der Waals surface area (Å²) in [7, 11) is 0. The van der Waals surface area contributed by atoms with E-state index >= 15 is 0 Å². The highest BCUT2D eigenvalue weighted by atomic mass is 32.1. The first-order valence-electron chi connectivity index (χ1n) is 8.52. The number of nitrogens with zero attached hydrogens (tertiary/aromatic N) is 1. The molecule has 2 heterocycles. The van der Waals surface area contributed by atoms with Crippen LogP contribution in [0.4, 0.5) is 0 Å². The summed E-state index contributed by atoms with van der Waals surface area (Å²) in [5.74, 6) is -0.126. The lowest BCUT2D eigenvalue weighted by molar-refractivity contribution is 0.413. The third kappa shape index (κ3) is 2.77. The van der Waals surface area contributed by atoms with Crippen LogP contribution in [-0.2, 0) is 6.42 Å². The summed E-state index contributed by atoms with van der Waals surface area (Å²) >= 11 is 5.32. The predicted octanol–water partition coefficient (Wildman–Crippen LogP) is 3.14. The zero-order chi connectivity index (χ0) is 18.3. The summed E-state index contributed by atoms with van der Waals surface area (Å²) in [5, 5.41) is 14.4. The SMILES string of the molecule is Cc1cccc(-n2c(O)c(C3NCCc4ccccc43)c(=O)[nH]c2=S)c1. The Morgan fingerprint density at radius 2 is 2.00 bits per heavy atom. The smallest absolute Gasteiger partial charge is 0.260 e. The van der Waals surface area contributed by atoms with Crippen LogP contribution in [0.15, 0.2) is 53.3 Å². The van der Waals surface area contributed by atoms with Gasteiger partial charge in [-0.25, -0.2) is 0 Å². The Labute approximate surface area is 156 Å². The fraction of sp³-hybridized carbons (Fsp3) is 0.200. The molecule has 3 N–H and O–H groups in total. The number of H-pyrrole nitrogens is 1. The Morgan fingerprint density at radius 3 is 2.81 bits per heavy atom. The van der Waals surface area contributed by atoms with E-state index in [4.69, 9.17) is 12.2 Å². The molecule has 0 saturated carbocycles. The van der Waals surface area contributed by atoms with Gasteiger partial charge in [0.15, 0.2) is 4.77 Å². The van der Waals surface area contributed by atoms with Crippen LogP contribution in [0.2, 0.25) is 0 Å². The second-order valence-electron chi connectivity index (χ2n) is 6.51. The summed E-state index contributed by atoms with van der Waals surface area (Å²) < 4.78 is 1.68. The topological polar surface area (TPSA) is 70.0 Å². The standard InChI is InChI=1S/C20H19N3O2S/c1-12-5-4-7-14(11-12)23-19(25)16(18(24)22-20(23)26)17-15-8-3-2-6-13(15)9-10-21-17/h2-8,11,17,21,25H,9-10H2,1H3,(H,22,24,26). The van der Waals surface area contributed by atoms with Crippen molar-refractivity contribution in [3.63, 3.8) is 0 Å². The van der Waals surface area contributed by atoms with Crippen molar-refractivity contribution < 1.29 is 5.11 Å². The van der Waals surface area contributed by atoms with E-state index in [1.165, 1.54) is 10.1 Å². The molecule has 0 radical (unpaired) electrons. The minimum absolute atomic E-state index is 0.126. The number of nitrogens with one attached hydrogen (secondary N) is 2. The Balaban J connectivity index is 1.96. The molecule has 26 heavy (non-hydrogen) atoms. The van der Waals surface area contributed by atoms with Gasteiger partial charge in [-0.15, -0.1) is 0 Å². The number of hydrogen-bond acceptors (Lipinski definition) is 4. The summed E-state index contributed by atoms with van der Waals surface area (Å²) in [4.78, 5) is 15.4. The number of benzene rings is 2. The first kappa shape index (κ1) is 16.8. The molecule has 0 fully saturated rings. The van der Waals surface area contributed by atoms with Crippen molar-refractivity contribution in [3.8, 4) is 11.6 Å². The molecular weight excluding hydrogens is 346 g/mol. The van der Waals surface area contributed by atoms with Crippen LogP contribution in [0.1, 0.15) is 28.3 Å². The lowest BCUT2D eigenvalue weighted by Gasteiger charge is -2.27. The summed E-state index contributed by atoms with van der Waals surface area (Å²) in [6.07, 6.45) is 0.891. The van der Waals surface area contributed by atoms with Crippen molar-refractivity contribution in [1.29, 1.82) is 0 Å². The number of aryl methyl sites for hydroxylation is 1. The third-order valence-corrected chi connectivity index (χ3v) is 5.06. The normalized spacial score (nSPS) is 16.3. The van der Waals surface area contributed by atoms with E-state index in [9.17, 15) is 9.90 Å². The van der Waals surface area contributed by atoms with Gasteiger partial charge in [-0.05, 0) is 54.4 Å². The third-order valence-electron chi connectivity index (χ3n) is 4.78. The van der Waals surface area contributed by atoms with Crippen LogP contribution in [0, 0.1) is 11.7 Å². The zero-order valence-corrected chi connectivity index (χ0v) is 15.1. The monoisotopic (exact) mass is 365 g/mol. The number of hydrogen-bond donors (Lipinski definition) is 3. The van der Waals surface area contributed by atoms with Crippen LogP contribution >= 0.6 is 12.2 Å². The molecular formula is C20H19N3O2S. The van der Waals surface area contributed by atoms with Gasteiger partial charge in [0.05, 0.1) is 17.3 Å². The molecule has 0 saturated heterocycles. The molecule has 0 amide bonds. The Morgan fingerprint density at radius 1 is 1.19 bits per heavy atom. The second-order valence-corrected chi connectivity index (χ2v) is 6.89. The van der Waals surface area contributed by atoms with Crippen molar-refractivity contribution in [3.05, 3.63) is 85.9 Å². The number of aromatic hydroxyl groups is 1. The van der Waals surface area contributed by atoms with Crippen LogP contribution in [0.5, 0.6) is 5.88 Å². The largest absolute Gasteiger partial charge is 0.494 e. The number of aromatic nitrogens is 2. The van der Waals surface area contributed by atoms with Crippen molar-refractivity contribution in [2.24, 2.45) is 0 Å². The molecule has 0 spiro atoms. The number of aromatic amines is 1. The zero-order valence-electron chi connectivity index (χ0n) is 14.3. The maximum Gasteiger partial charge on any atom is 0.260 e. The van der Waals surface area contributed by atoms with Crippen LogP contribution in [0.25, 0.3) is 5.69 Å². The van der Waals surface area contributed by atoms with E-state index in [1.807, 2.05) is 49.4 Å². The molecule has 3 aromatic rings. The van der Waals surface area contributed by atoms with Gasteiger partial charge in [-0.2, -0.15) is 0 Å². The van der Waals surface area contributed by atoms with E-state index in [0.717, 1.165) is 24.1 Å². The molecule has 0 aliphatic carbocycles. The average Bonchev–Trinajstić information content (AvgIpc) is 2.61. The first-order chi connectivity index (χ1) is 12.6. The molecule has 1 aliphatic heterocycles. The molecule has 132 valence electrons. The molecule has 1 aliphatic rings. The minimum Gasteiger partial charge on any atom is -0.494 e. The van der Waals surface area contributed by atoms with E-state index in [2.05, 4.69) is 16.4 Å². The Bertz CT molecular complexity index is 1100. The predicted molar refractivity (Wildman–Crippen MR) is 104 cm³/mol. The van der Waals surface area contributed by atoms with Gasteiger partial charge in [0.2, 0.25) is 5.88 Å². The van der Waals surface area contributed by atoms with E-state index in [-0.39, 0.29) is 27.8 Å². The molecule has 5 nitrogen and oxygen atoms in total. The van der Waals surface area contributed by atoms with Gasteiger partial charge in [-0.3, -0.25) is 14.3 Å². The fourth-order valence-electron chi connectivity index (χ4n) is 3.57. The fourth-order valence-corrected chi connectivity index (χ4v) is 3.85. The van der Waals surface area contributed by atoms with E-state index < -0.39 is 0 Å². The van der Waals surface area contributed by atoms with Gasteiger partial charge in [-0.1, -0.05) is 36.4 Å². The van der Waals surface area contributed by atoms with Crippen molar-refractivity contribution >= 4 is 12.2 Å². The highest BCUT2D eigenvalue weighted by Crippen LogP contribution is 2.32. The molecule has 6 heteroatoms. The number of fused-ring (bicyclic) bond motifs is 1. The molecule has 0 bridgehead atoms. The molecule has 2 aromatic carbocycles. The maximum atomic E-state index is 12.7. The van der Waals surface area contributed by atoms with Gasteiger partial charge < -0.3 is 10.4 Å². The van der Waals surface area contributed by atoms with E-state index in [0.29, 0.717) is 5.69 Å². The number of rotatable bonds is 2. The molecule has 1 unspecified atom stereocenters. The van der Waals surface area contributed by atoms with Gasteiger partial charge in [0.25, 0.3) is 5.56 Å². The minimum atomic E-state index is -0.379. The van der Waals surface area contributed by atoms with Gasteiger partial charge in [0, 0.05) is 6.54 Å². The lowest BCUT2D eigenvalue weighted by atomic mass is 9.90. The van der Waals surface area contributed by atoms with Crippen molar-refractivity contribution in [2.45, 2.75) is 19.4 Å². The lowest BCUT2D eigenvalue weighted by Crippen LogP contribution is -2.35. The Hall–Kier alpha value is -2.70.